The fourth-order valence-electron chi connectivity index (χ4n) is 0.926. The highest BCUT2D eigenvalue weighted by atomic mass is 35.5. The Morgan fingerprint density at radius 2 is 2.33 bits per heavy atom. The Balaban J connectivity index is 2.79. The summed E-state index contributed by atoms with van der Waals surface area (Å²) in [6.07, 6.45) is 3.87. The highest BCUT2D eigenvalue weighted by Crippen LogP contribution is 2.13. The van der Waals surface area contributed by atoms with E-state index in [1.807, 2.05) is 36.4 Å². The molecule has 0 fully saturated rings. The van der Waals surface area contributed by atoms with Crippen molar-refractivity contribution in [3.05, 3.63) is 35.9 Å². The van der Waals surface area contributed by atoms with Gasteiger partial charge in [-0.3, -0.25) is 0 Å². The van der Waals surface area contributed by atoms with Crippen molar-refractivity contribution in [3.8, 4) is 5.75 Å². The van der Waals surface area contributed by atoms with Crippen LogP contribution in [0, 0.1) is 0 Å². The number of allylic oxidation sites excluding steroid dienone is 1. The number of hydrogen-bond acceptors (Lipinski definition) is 1. The lowest BCUT2D eigenvalue weighted by Crippen LogP contribution is -1.82. The molecule has 1 rings (SSSR count). The number of rotatable bonds is 3. The third-order valence-corrected chi connectivity index (χ3v) is 1.67. The molecule has 1 aromatic rings. The first-order chi connectivity index (χ1) is 5.86. The van der Waals surface area contributed by atoms with Gasteiger partial charge in [0.25, 0.3) is 0 Å². The van der Waals surface area contributed by atoms with Crippen LogP contribution < -0.4 is 4.74 Å². The van der Waals surface area contributed by atoms with Crippen LogP contribution in [0.25, 0.3) is 6.08 Å². The van der Waals surface area contributed by atoms with Gasteiger partial charge in [-0.25, -0.2) is 0 Å². The van der Waals surface area contributed by atoms with E-state index < -0.39 is 0 Å². The molecular weight excluding hydrogens is 172 g/mol. The smallest absolute Gasteiger partial charge is 0.119 e. The van der Waals surface area contributed by atoms with E-state index in [2.05, 4.69) is 0 Å². The minimum atomic E-state index is 0.539. The minimum absolute atomic E-state index is 0.539. The summed E-state index contributed by atoms with van der Waals surface area (Å²) in [6.45, 7) is 0. The molecule has 0 aliphatic rings. The number of hydrogen-bond donors (Lipinski definition) is 0. The molecule has 1 aromatic carbocycles. The summed E-state index contributed by atoms with van der Waals surface area (Å²) in [5.41, 5.74) is 1.11. The summed E-state index contributed by atoms with van der Waals surface area (Å²) in [6, 6.07) is 7.83. The molecule has 0 aromatic heterocycles. The highest BCUT2D eigenvalue weighted by Gasteiger charge is 1.89. The largest absolute Gasteiger partial charge is 0.497 e. The number of ether oxygens (including phenoxy) is 1. The van der Waals surface area contributed by atoms with Gasteiger partial charge in [0.05, 0.1) is 7.11 Å². The second-order valence-electron chi connectivity index (χ2n) is 2.33. The van der Waals surface area contributed by atoms with Gasteiger partial charge < -0.3 is 4.74 Å². The van der Waals surface area contributed by atoms with Crippen LogP contribution in [0.1, 0.15) is 5.56 Å². The Kier molecular flexibility index (Phi) is 3.68. The normalized spacial score (nSPS) is 10.5. The molecule has 12 heavy (non-hydrogen) atoms. The van der Waals surface area contributed by atoms with Crippen LogP contribution in [0.5, 0.6) is 5.75 Å². The van der Waals surface area contributed by atoms with E-state index >= 15 is 0 Å². The molecular formula is C10H11ClO. The second kappa shape index (κ2) is 4.83. The minimum Gasteiger partial charge on any atom is -0.497 e. The molecule has 0 saturated heterocycles. The third kappa shape index (κ3) is 2.59. The lowest BCUT2D eigenvalue weighted by Gasteiger charge is -1.99. The van der Waals surface area contributed by atoms with E-state index in [-0.39, 0.29) is 0 Å². The molecule has 0 radical (unpaired) electrons. The van der Waals surface area contributed by atoms with Crippen LogP contribution in [0.15, 0.2) is 30.3 Å². The zero-order valence-corrected chi connectivity index (χ0v) is 7.71. The van der Waals surface area contributed by atoms with Gasteiger partial charge in [0.15, 0.2) is 0 Å². The molecule has 0 unspecified atom stereocenters. The van der Waals surface area contributed by atoms with Crippen molar-refractivity contribution in [2.75, 3.05) is 13.0 Å². The molecule has 0 aliphatic carbocycles. The fourth-order valence-corrected chi connectivity index (χ4v) is 1.01. The summed E-state index contributed by atoms with van der Waals surface area (Å²) < 4.78 is 5.07. The van der Waals surface area contributed by atoms with Crippen molar-refractivity contribution in [1.82, 2.24) is 0 Å². The first-order valence-electron chi connectivity index (χ1n) is 3.73. The van der Waals surface area contributed by atoms with Gasteiger partial charge in [0.1, 0.15) is 5.75 Å². The van der Waals surface area contributed by atoms with Crippen molar-refractivity contribution in [1.29, 1.82) is 0 Å². The van der Waals surface area contributed by atoms with E-state index in [1.54, 1.807) is 7.11 Å². The van der Waals surface area contributed by atoms with Crippen LogP contribution in [0.3, 0.4) is 0 Å². The van der Waals surface area contributed by atoms with Crippen molar-refractivity contribution in [2.24, 2.45) is 0 Å². The monoisotopic (exact) mass is 182 g/mol. The molecule has 0 spiro atoms. The Bertz CT molecular complexity index is 268. The summed E-state index contributed by atoms with van der Waals surface area (Å²) in [4.78, 5) is 0. The Morgan fingerprint density at radius 1 is 1.50 bits per heavy atom. The number of benzene rings is 1. The summed E-state index contributed by atoms with van der Waals surface area (Å²) >= 11 is 5.51. The van der Waals surface area contributed by atoms with Gasteiger partial charge in [-0.05, 0) is 17.7 Å². The van der Waals surface area contributed by atoms with E-state index in [0.29, 0.717) is 5.88 Å². The second-order valence-corrected chi connectivity index (χ2v) is 2.64. The van der Waals surface area contributed by atoms with Crippen LogP contribution in [0.4, 0.5) is 0 Å². The summed E-state index contributed by atoms with van der Waals surface area (Å²) in [5.74, 6) is 1.41. The average molecular weight is 183 g/mol. The van der Waals surface area contributed by atoms with Gasteiger partial charge in [-0.2, -0.15) is 0 Å². The lowest BCUT2D eigenvalue weighted by atomic mass is 10.2. The highest BCUT2D eigenvalue weighted by molar-refractivity contribution is 6.19. The molecule has 2 heteroatoms. The predicted octanol–water partition coefficient (Wildman–Crippen LogP) is 2.95. The van der Waals surface area contributed by atoms with Crippen LogP contribution in [0.2, 0.25) is 0 Å². The number of halogens is 1. The Hall–Kier alpha value is -0.950. The van der Waals surface area contributed by atoms with Gasteiger partial charge in [-0.1, -0.05) is 24.3 Å². The van der Waals surface area contributed by atoms with Crippen LogP contribution in [-0.2, 0) is 0 Å². The fraction of sp³-hybridized carbons (Fsp3) is 0.200. The quantitative estimate of drug-likeness (QED) is 0.654. The zero-order valence-electron chi connectivity index (χ0n) is 6.96. The van der Waals surface area contributed by atoms with Crippen LogP contribution >= 0.6 is 11.6 Å². The van der Waals surface area contributed by atoms with E-state index in [9.17, 15) is 0 Å². The van der Waals surface area contributed by atoms with Crippen molar-refractivity contribution < 1.29 is 4.74 Å². The first kappa shape index (κ1) is 9.14. The molecule has 0 bridgehead atoms. The summed E-state index contributed by atoms with van der Waals surface area (Å²) in [7, 11) is 1.66. The third-order valence-electron chi connectivity index (χ3n) is 1.49. The van der Waals surface area contributed by atoms with E-state index in [1.165, 1.54) is 0 Å². The summed E-state index contributed by atoms with van der Waals surface area (Å²) in [5, 5.41) is 0. The standard InChI is InChI=1S/C10H11ClO/c1-12-10-6-2-4-9(8-10)5-3-7-11/h2-6,8H,7H2,1H3. The first-order valence-corrected chi connectivity index (χ1v) is 4.27. The lowest BCUT2D eigenvalue weighted by molar-refractivity contribution is 0.414. The molecule has 0 heterocycles. The Morgan fingerprint density at radius 3 is 3.00 bits per heavy atom. The van der Waals surface area contributed by atoms with Gasteiger partial charge in [0, 0.05) is 5.88 Å². The molecule has 0 atom stereocenters. The maximum Gasteiger partial charge on any atom is 0.119 e. The molecule has 0 aliphatic heterocycles. The maximum atomic E-state index is 5.51. The van der Waals surface area contributed by atoms with Crippen molar-refractivity contribution in [3.63, 3.8) is 0 Å². The molecule has 0 saturated carbocycles. The van der Waals surface area contributed by atoms with Crippen LogP contribution in [-0.4, -0.2) is 13.0 Å². The molecule has 1 nitrogen and oxygen atoms in total. The molecule has 0 N–H and O–H groups in total. The van der Waals surface area contributed by atoms with E-state index in [0.717, 1.165) is 11.3 Å². The van der Waals surface area contributed by atoms with Crippen molar-refractivity contribution in [2.45, 2.75) is 0 Å². The van der Waals surface area contributed by atoms with Gasteiger partial charge in [0.2, 0.25) is 0 Å². The Labute approximate surface area is 77.6 Å². The molecule has 0 amide bonds. The number of methoxy groups -OCH3 is 1. The number of alkyl halides is 1. The van der Waals surface area contributed by atoms with E-state index in [4.69, 9.17) is 16.3 Å². The van der Waals surface area contributed by atoms with Gasteiger partial charge >= 0.3 is 0 Å². The maximum absolute atomic E-state index is 5.51. The SMILES string of the molecule is COc1cccc(C=CCCl)c1. The molecule has 64 valence electrons. The van der Waals surface area contributed by atoms with Crippen molar-refractivity contribution >= 4 is 17.7 Å². The predicted molar refractivity (Wildman–Crippen MR) is 52.7 cm³/mol. The topological polar surface area (TPSA) is 9.23 Å². The average Bonchev–Trinajstić information content (AvgIpc) is 2.15. The van der Waals surface area contributed by atoms with Gasteiger partial charge in [-0.15, -0.1) is 11.6 Å². The zero-order chi connectivity index (χ0) is 8.81.